The number of Topliss-reactive ketones (excluding diaryl/α,β-unsaturated/α-hetero) is 1. The van der Waals surface area contributed by atoms with E-state index in [1.54, 1.807) is 6.07 Å². The van der Waals surface area contributed by atoms with Crippen LogP contribution in [-0.2, 0) is 11.2 Å². The highest BCUT2D eigenvalue weighted by Crippen LogP contribution is 2.63. The predicted octanol–water partition coefficient (Wildman–Crippen LogP) is 6.64. The highest BCUT2D eigenvalue weighted by Gasteiger charge is 2.57. The molecule has 0 bridgehead atoms. The van der Waals surface area contributed by atoms with Gasteiger partial charge in [0.15, 0.2) is 0 Å². The Bertz CT molecular complexity index is 867. The third-order valence-electron chi connectivity index (χ3n) is 10.1. The zero-order valence-electron chi connectivity index (χ0n) is 19.2. The molecule has 3 nitrogen and oxygen atoms in total. The van der Waals surface area contributed by atoms with Gasteiger partial charge in [-0.05, 0) is 104 Å². The first-order chi connectivity index (χ1) is 14.9. The fourth-order valence-electron chi connectivity index (χ4n) is 8.37. The number of fused-ring (bicyclic) bond motifs is 5. The van der Waals surface area contributed by atoms with Gasteiger partial charge in [0, 0.05) is 11.8 Å². The van der Waals surface area contributed by atoms with E-state index in [2.05, 4.69) is 19.9 Å². The molecule has 0 spiro atoms. The number of aromatic carboxylic acids is 1. The van der Waals surface area contributed by atoms with Gasteiger partial charge in [0.05, 0.1) is 5.56 Å². The van der Waals surface area contributed by atoms with Crippen LogP contribution in [0.5, 0.6) is 0 Å². The molecule has 1 unspecified atom stereocenters. The summed E-state index contributed by atoms with van der Waals surface area (Å²) in [6, 6.07) is 5.81. The van der Waals surface area contributed by atoms with Crippen molar-refractivity contribution in [2.45, 2.75) is 90.4 Å². The zero-order chi connectivity index (χ0) is 21.8. The average Bonchev–Trinajstić information content (AvgIpc) is 3.15. The summed E-state index contributed by atoms with van der Waals surface area (Å²) in [6.45, 7) is 4.68. The highest BCUT2D eigenvalue weighted by atomic mass is 16.4. The molecular weight excluding hydrogens is 384 g/mol. The van der Waals surface area contributed by atoms with Crippen LogP contribution in [0.3, 0.4) is 0 Å². The molecule has 0 saturated heterocycles. The molecule has 1 N–H and O–H groups in total. The van der Waals surface area contributed by atoms with Gasteiger partial charge in [0.25, 0.3) is 0 Å². The molecule has 3 heteroatoms. The van der Waals surface area contributed by atoms with Crippen LogP contribution in [0.25, 0.3) is 0 Å². The van der Waals surface area contributed by atoms with E-state index in [4.69, 9.17) is 0 Å². The summed E-state index contributed by atoms with van der Waals surface area (Å²) < 4.78 is 0. The quantitative estimate of drug-likeness (QED) is 0.591. The minimum absolute atomic E-state index is 0.166. The van der Waals surface area contributed by atoms with Crippen LogP contribution < -0.4 is 0 Å². The van der Waals surface area contributed by atoms with Crippen LogP contribution >= 0.6 is 0 Å². The Morgan fingerprint density at radius 3 is 2.55 bits per heavy atom. The third kappa shape index (κ3) is 3.47. The Labute approximate surface area is 187 Å². The molecule has 6 atom stereocenters. The molecule has 3 saturated carbocycles. The number of benzene rings is 1. The Hall–Kier alpha value is -1.64. The number of rotatable bonds is 4. The van der Waals surface area contributed by atoms with E-state index in [1.807, 2.05) is 6.07 Å². The molecule has 0 aliphatic heterocycles. The van der Waals surface area contributed by atoms with Gasteiger partial charge in [-0.3, -0.25) is 4.79 Å². The maximum absolute atomic E-state index is 13.7. The molecule has 0 aromatic heterocycles. The first kappa shape index (κ1) is 21.2. The SMILES string of the molecule is CC(C(=O)[C@H]1CC[C@H]2[C@@H]3CCc4cc(C(=O)O)ccc4[C@H]3CC[C@]12C)C1CCCCC1. The Kier molecular flexibility index (Phi) is 5.51. The normalized spacial score (nSPS) is 36.2. The van der Waals surface area contributed by atoms with Gasteiger partial charge >= 0.3 is 5.97 Å². The summed E-state index contributed by atoms with van der Waals surface area (Å²) in [5.74, 6) is 2.71. The zero-order valence-corrected chi connectivity index (χ0v) is 19.2. The van der Waals surface area contributed by atoms with Gasteiger partial charge in [-0.1, -0.05) is 39.2 Å². The van der Waals surface area contributed by atoms with Crippen molar-refractivity contribution in [2.75, 3.05) is 0 Å². The molecule has 0 radical (unpaired) electrons. The van der Waals surface area contributed by atoms with Gasteiger partial charge in [0.1, 0.15) is 5.78 Å². The standard InChI is InChI=1S/C28H38O3/c1-17(18-6-4-3-5-7-18)26(29)25-13-12-24-23-11-8-19-16-20(27(30)31)9-10-21(19)22(23)14-15-28(24,25)2/h9-10,16-18,22-25H,3-8,11-15H2,1-2H3,(H,30,31)/t17?,22-,23-,24+,25-,28+/m1/s1. The summed E-state index contributed by atoms with van der Waals surface area (Å²) in [7, 11) is 0. The van der Waals surface area contributed by atoms with Crippen molar-refractivity contribution in [1.82, 2.24) is 0 Å². The van der Waals surface area contributed by atoms with Gasteiger partial charge in [-0.2, -0.15) is 0 Å². The molecule has 1 aromatic carbocycles. The van der Waals surface area contributed by atoms with E-state index in [0.29, 0.717) is 35.0 Å². The topological polar surface area (TPSA) is 54.4 Å². The lowest BCUT2D eigenvalue weighted by Gasteiger charge is -2.51. The number of aryl methyl sites for hydroxylation is 1. The fraction of sp³-hybridized carbons (Fsp3) is 0.714. The lowest BCUT2D eigenvalue weighted by Crippen LogP contribution is -2.45. The van der Waals surface area contributed by atoms with Crippen LogP contribution in [0, 0.1) is 35.0 Å². The summed E-state index contributed by atoms with van der Waals surface area (Å²) in [5.41, 5.74) is 3.23. The molecule has 168 valence electrons. The molecule has 4 aliphatic rings. The van der Waals surface area contributed by atoms with E-state index >= 15 is 0 Å². The molecule has 0 heterocycles. The largest absolute Gasteiger partial charge is 0.478 e. The average molecular weight is 423 g/mol. The smallest absolute Gasteiger partial charge is 0.335 e. The van der Waals surface area contributed by atoms with Crippen molar-refractivity contribution < 1.29 is 14.7 Å². The second-order valence-corrected chi connectivity index (χ2v) is 11.4. The summed E-state index contributed by atoms with van der Waals surface area (Å²) in [5, 5.41) is 9.36. The number of carbonyl (C=O) groups is 2. The van der Waals surface area contributed by atoms with Crippen molar-refractivity contribution in [3.05, 3.63) is 34.9 Å². The Morgan fingerprint density at radius 2 is 1.81 bits per heavy atom. The minimum Gasteiger partial charge on any atom is -0.478 e. The number of hydrogen-bond acceptors (Lipinski definition) is 2. The van der Waals surface area contributed by atoms with Gasteiger partial charge < -0.3 is 5.11 Å². The Morgan fingerprint density at radius 1 is 1.03 bits per heavy atom. The number of ketones is 1. The molecule has 0 amide bonds. The van der Waals surface area contributed by atoms with Gasteiger partial charge in [0.2, 0.25) is 0 Å². The molecular formula is C28H38O3. The van der Waals surface area contributed by atoms with Crippen LogP contribution in [0.1, 0.15) is 105 Å². The lowest BCUT2D eigenvalue weighted by molar-refractivity contribution is -0.133. The molecule has 5 rings (SSSR count). The van der Waals surface area contributed by atoms with E-state index < -0.39 is 5.97 Å². The van der Waals surface area contributed by atoms with Crippen LogP contribution in [0.2, 0.25) is 0 Å². The number of carboxylic acid groups (broad SMARTS) is 1. The van der Waals surface area contributed by atoms with Crippen molar-refractivity contribution in [3.63, 3.8) is 0 Å². The minimum atomic E-state index is -0.828. The van der Waals surface area contributed by atoms with E-state index in [9.17, 15) is 14.7 Å². The van der Waals surface area contributed by atoms with E-state index in [1.165, 1.54) is 49.7 Å². The van der Waals surface area contributed by atoms with E-state index in [-0.39, 0.29) is 17.3 Å². The maximum Gasteiger partial charge on any atom is 0.335 e. The molecule has 1 aromatic rings. The number of carboxylic acids is 1. The second-order valence-electron chi connectivity index (χ2n) is 11.4. The van der Waals surface area contributed by atoms with Crippen molar-refractivity contribution in [1.29, 1.82) is 0 Å². The first-order valence-electron chi connectivity index (χ1n) is 12.8. The first-order valence-corrected chi connectivity index (χ1v) is 12.8. The van der Waals surface area contributed by atoms with Crippen molar-refractivity contribution >= 4 is 11.8 Å². The number of hydrogen-bond donors (Lipinski definition) is 1. The van der Waals surface area contributed by atoms with Crippen molar-refractivity contribution in [2.24, 2.45) is 35.0 Å². The fourth-order valence-corrected chi connectivity index (χ4v) is 8.37. The van der Waals surface area contributed by atoms with E-state index in [0.717, 1.165) is 32.1 Å². The van der Waals surface area contributed by atoms with Gasteiger partial charge in [-0.15, -0.1) is 0 Å². The third-order valence-corrected chi connectivity index (χ3v) is 10.1. The summed E-state index contributed by atoms with van der Waals surface area (Å²) in [4.78, 5) is 25.1. The van der Waals surface area contributed by atoms with Crippen LogP contribution in [0.4, 0.5) is 0 Å². The monoisotopic (exact) mass is 422 g/mol. The summed E-state index contributed by atoms with van der Waals surface area (Å²) >= 11 is 0. The van der Waals surface area contributed by atoms with Crippen LogP contribution in [-0.4, -0.2) is 16.9 Å². The molecule has 4 aliphatic carbocycles. The Balaban J connectivity index is 1.36. The number of carbonyl (C=O) groups excluding carboxylic acids is 1. The van der Waals surface area contributed by atoms with Gasteiger partial charge in [-0.25, -0.2) is 4.79 Å². The molecule has 31 heavy (non-hydrogen) atoms. The second kappa shape index (κ2) is 8.05. The highest BCUT2D eigenvalue weighted by molar-refractivity contribution is 5.88. The molecule has 3 fully saturated rings. The maximum atomic E-state index is 13.7. The van der Waals surface area contributed by atoms with Crippen LogP contribution in [0.15, 0.2) is 18.2 Å². The van der Waals surface area contributed by atoms with Crippen molar-refractivity contribution in [3.8, 4) is 0 Å². The summed E-state index contributed by atoms with van der Waals surface area (Å²) in [6.07, 6.45) is 13.2. The predicted molar refractivity (Wildman–Crippen MR) is 122 cm³/mol. The lowest BCUT2D eigenvalue weighted by atomic mass is 9.53.